The molecule has 1 saturated heterocycles. The van der Waals surface area contributed by atoms with Gasteiger partial charge >= 0.3 is 0 Å². The average Bonchev–Trinajstić information content (AvgIpc) is 2.75. The smallest absolute Gasteiger partial charge is 0.267 e. The first-order valence-electron chi connectivity index (χ1n) is 9.82. The van der Waals surface area contributed by atoms with Gasteiger partial charge in [0.05, 0.1) is 0 Å². The SMILES string of the molecule is N#C/C(=C/N1CCCCC1CCO)C(=O)Nc1ccc(Oc2ccccc2)cc1. The average molecular weight is 391 g/mol. The number of ether oxygens (including phenoxy) is 1. The van der Waals surface area contributed by atoms with E-state index in [1.54, 1.807) is 30.5 Å². The van der Waals surface area contributed by atoms with Crippen LogP contribution in [0.25, 0.3) is 0 Å². The van der Waals surface area contributed by atoms with Gasteiger partial charge in [0, 0.05) is 31.1 Å². The first kappa shape index (κ1) is 20.4. The van der Waals surface area contributed by atoms with Crippen LogP contribution in [0.1, 0.15) is 25.7 Å². The highest BCUT2D eigenvalue weighted by atomic mass is 16.5. The van der Waals surface area contributed by atoms with E-state index < -0.39 is 5.91 Å². The number of aliphatic hydroxyl groups is 1. The molecule has 150 valence electrons. The van der Waals surface area contributed by atoms with Gasteiger partial charge in [-0.25, -0.2) is 0 Å². The van der Waals surface area contributed by atoms with Crippen molar-refractivity contribution in [1.29, 1.82) is 5.26 Å². The third-order valence-electron chi connectivity index (χ3n) is 4.89. The Bertz CT molecular complexity index is 870. The van der Waals surface area contributed by atoms with Crippen LogP contribution < -0.4 is 10.1 Å². The molecule has 0 radical (unpaired) electrons. The number of rotatable bonds is 7. The molecule has 0 aromatic heterocycles. The summed E-state index contributed by atoms with van der Waals surface area (Å²) in [5.41, 5.74) is 0.640. The number of nitrogens with zero attached hydrogens (tertiary/aromatic N) is 2. The first-order chi connectivity index (χ1) is 14.2. The van der Waals surface area contributed by atoms with E-state index in [1.807, 2.05) is 41.3 Å². The van der Waals surface area contributed by atoms with E-state index in [4.69, 9.17) is 4.74 Å². The molecule has 1 unspecified atom stereocenters. The Labute approximate surface area is 171 Å². The van der Waals surface area contributed by atoms with Crippen LogP contribution >= 0.6 is 0 Å². The van der Waals surface area contributed by atoms with Gasteiger partial charge in [-0.3, -0.25) is 4.79 Å². The van der Waals surface area contributed by atoms with Crippen molar-refractivity contribution in [1.82, 2.24) is 4.90 Å². The molecule has 6 heteroatoms. The standard InChI is InChI=1S/C23H25N3O3/c24-16-18(17-26-14-5-4-6-20(26)13-15-27)23(28)25-19-9-11-22(12-10-19)29-21-7-2-1-3-8-21/h1-3,7-12,17,20,27H,4-6,13-15H2,(H,25,28)/b18-17-. The molecule has 0 saturated carbocycles. The Morgan fingerprint density at radius 1 is 1.17 bits per heavy atom. The Balaban J connectivity index is 1.64. The minimum Gasteiger partial charge on any atom is -0.457 e. The molecule has 1 fully saturated rings. The summed E-state index contributed by atoms with van der Waals surface area (Å²) >= 11 is 0. The zero-order valence-electron chi connectivity index (χ0n) is 16.3. The number of likely N-dealkylation sites (tertiary alicyclic amines) is 1. The molecule has 0 spiro atoms. The topological polar surface area (TPSA) is 85.6 Å². The Kier molecular flexibility index (Phi) is 7.26. The highest BCUT2D eigenvalue weighted by molar-refractivity contribution is 6.06. The maximum absolute atomic E-state index is 12.5. The summed E-state index contributed by atoms with van der Waals surface area (Å²) in [6.07, 6.45) is 5.34. The van der Waals surface area contributed by atoms with Crippen molar-refractivity contribution in [2.45, 2.75) is 31.7 Å². The summed E-state index contributed by atoms with van der Waals surface area (Å²) in [4.78, 5) is 14.6. The molecule has 1 aliphatic heterocycles. The fourth-order valence-corrected chi connectivity index (χ4v) is 3.39. The van der Waals surface area contributed by atoms with Gasteiger partial charge in [0.25, 0.3) is 5.91 Å². The van der Waals surface area contributed by atoms with Gasteiger partial charge in [-0.1, -0.05) is 18.2 Å². The number of aliphatic hydroxyl groups excluding tert-OH is 1. The lowest BCUT2D eigenvalue weighted by Gasteiger charge is -2.34. The number of nitrogens with one attached hydrogen (secondary N) is 1. The van der Waals surface area contributed by atoms with E-state index in [0.29, 0.717) is 17.9 Å². The third kappa shape index (κ3) is 5.84. The monoisotopic (exact) mass is 391 g/mol. The summed E-state index contributed by atoms with van der Waals surface area (Å²) < 4.78 is 5.74. The predicted octanol–water partition coefficient (Wildman–Crippen LogP) is 4.06. The number of para-hydroxylation sites is 1. The second kappa shape index (κ2) is 10.3. The quantitative estimate of drug-likeness (QED) is 0.549. The number of carbonyl (C=O) groups is 1. The van der Waals surface area contributed by atoms with Gasteiger partial charge in [0.1, 0.15) is 23.1 Å². The van der Waals surface area contributed by atoms with E-state index in [9.17, 15) is 15.2 Å². The summed E-state index contributed by atoms with van der Waals surface area (Å²) in [6, 6.07) is 18.6. The summed E-state index contributed by atoms with van der Waals surface area (Å²) in [7, 11) is 0. The molecule has 2 aromatic rings. The van der Waals surface area contributed by atoms with Gasteiger partial charge in [-0.05, 0) is 62.1 Å². The minimum atomic E-state index is -0.447. The maximum atomic E-state index is 12.5. The predicted molar refractivity (Wildman–Crippen MR) is 111 cm³/mol. The van der Waals surface area contributed by atoms with Gasteiger partial charge in [0.15, 0.2) is 0 Å². The molecule has 1 atom stereocenters. The Morgan fingerprint density at radius 2 is 1.90 bits per heavy atom. The lowest BCUT2D eigenvalue weighted by molar-refractivity contribution is -0.112. The van der Waals surface area contributed by atoms with E-state index in [1.165, 1.54) is 0 Å². The normalized spacial score (nSPS) is 16.8. The van der Waals surface area contributed by atoms with Crippen molar-refractivity contribution >= 4 is 11.6 Å². The lowest BCUT2D eigenvalue weighted by Crippen LogP contribution is -2.37. The molecule has 1 amide bonds. The third-order valence-corrected chi connectivity index (χ3v) is 4.89. The maximum Gasteiger partial charge on any atom is 0.267 e. The number of hydrogen-bond donors (Lipinski definition) is 2. The van der Waals surface area contributed by atoms with Crippen LogP contribution in [0.2, 0.25) is 0 Å². The van der Waals surface area contributed by atoms with Crippen LogP contribution in [0.5, 0.6) is 11.5 Å². The molecule has 1 aliphatic rings. The van der Waals surface area contributed by atoms with Gasteiger partial charge in [-0.2, -0.15) is 5.26 Å². The molecule has 6 nitrogen and oxygen atoms in total. The van der Waals surface area contributed by atoms with Crippen LogP contribution in [-0.4, -0.2) is 35.1 Å². The highest BCUT2D eigenvalue weighted by Crippen LogP contribution is 2.23. The minimum absolute atomic E-state index is 0.0550. The number of anilines is 1. The van der Waals surface area contributed by atoms with Crippen molar-refractivity contribution in [2.24, 2.45) is 0 Å². The lowest BCUT2D eigenvalue weighted by atomic mass is 10.00. The summed E-state index contributed by atoms with van der Waals surface area (Å²) in [5.74, 6) is 0.945. The van der Waals surface area contributed by atoms with Crippen LogP contribution in [0.4, 0.5) is 5.69 Å². The Morgan fingerprint density at radius 3 is 2.59 bits per heavy atom. The van der Waals surface area contributed by atoms with Gasteiger partial charge in [-0.15, -0.1) is 0 Å². The highest BCUT2D eigenvalue weighted by Gasteiger charge is 2.21. The molecular weight excluding hydrogens is 366 g/mol. The second-order valence-corrected chi connectivity index (χ2v) is 6.95. The summed E-state index contributed by atoms with van der Waals surface area (Å²) in [5, 5.41) is 21.5. The van der Waals surface area contributed by atoms with Crippen LogP contribution in [0.3, 0.4) is 0 Å². The molecular formula is C23H25N3O3. The molecule has 0 aliphatic carbocycles. The van der Waals surface area contributed by atoms with E-state index in [-0.39, 0.29) is 18.2 Å². The molecule has 1 heterocycles. The van der Waals surface area contributed by atoms with Crippen molar-refractivity contribution in [3.8, 4) is 17.6 Å². The fourth-order valence-electron chi connectivity index (χ4n) is 3.39. The number of benzene rings is 2. The zero-order chi connectivity index (χ0) is 20.5. The Hall–Kier alpha value is -3.30. The molecule has 2 N–H and O–H groups in total. The van der Waals surface area contributed by atoms with E-state index in [0.717, 1.165) is 31.6 Å². The molecule has 3 rings (SSSR count). The van der Waals surface area contributed by atoms with Crippen LogP contribution in [-0.2, 0) is 4.79 Å². The van der Waals surface area contributed by atoms with Crippen molar-refractivity contribution < 1.29 is 14.6 Å². The summed E-state index contributed by atoms with van der Waals surface area (Å²) in [6.45, 7) is 0.884. The number of hydrogen-bond acceptors (Lipinski definition) is 5. The van der Waals surface area contributed by atoms with Gasteiger partial charge in [0.2, 0.25) is 0 Å². The number of piperidine rings is 1. The largest absolute Gasteiger partial charge is 0.457 e. The number of nitriles is 1. The number of amides is 1. The molecule has 2 aromatic carbocycles. The van der Waals surface area contributed by atoms with E-state index in [2.05, 4.69) is 5.32 Å². The van der Waals surface area contributed by atoms with Crippen LogP contribution in [0, 0.1) is 11.3 Å². The van der Waals surface area contributed by atoms with Gasteiger partial charge < -0.3 is 20.1 Å². The first-order valence-corrected chi connectivity index (χ1v) is 9.82. The zero-order valence-corrected chi connectivity index (χ0v) is 16.3. The van der Waals surface area contributed by atoms with Crippen molar-refractivity contribution in [3.63, 3.8) is 0 Å². The molecule has 0 bridgehead atoms. The van der Waals surface area contributed by atoms with Crippen molar-refractivity contribution in [2.75, 3.05) is 18.5 Å². The van der Waals surface area contributed by atoms with E-state index >= 15 is 0 Å². The van der Waals surface area contributed by atoms with Crippen LogP contribution in [0.15, 0.2) is 66.4 Å². The second-order valence-electron chi connectivity index (χ2n) is 6.95. The van der Waals surface area contributed by atoms with Crippen molar-refractivity contribution in [3.05, 3.63) is 66.4 Å². The number of carbonyl (C=O) groups excluding carboxylic acids is 1. The molecule has 29 heavy (non-hydrogen) atoms. The fraction of sp³-hybridized carbons (Fsp3) is 0.304.